The number of hydrogen-bond acceptors (Lipinski definition) is 5. The van der Waals surface area contributed by atoms with Crippen molar-refractivity contribution in [2.45, 2.75) is 0 Å². The molecule has 3 rings (SSSR count). The molecule has 22 heavy (non-hydrogen) atoms. The minimum Gasteiger partial charge on any atom is -0.504 e. The third kappa shape index (κ3) is 2.95. The number of halogens is 2. The molecule has 0 saturated carbocycles. The van der Waals surface area contributed by atoms with Gasteiger partial charge in [0.05, 0.1) is 22.0 Å². The minimum absolute atomic E-state index is 0.113. The van der Waals surface area contributed by atoms with E-state index in [9.17, 15) is 5.11 Å². The lowest BCUT2D eigenvalue weighted by Gasteiger charge is -2.06. The predicted octanol–water partition coefficient (Wildman–Crippen LogP) is 4.09. The van der Waals surface area contributed by atoms with Gasteiger partial charge in [-0.15, -0.1) is 0 Å². The Morgan fingerprint density at radius 2 is 2.00 bits per heavy atom. The molecule has 7 heteroatoms. The minimum atomic E-state index is -0.113. The first-order valence-electron chi connectivity index (χ1n) is 6.33. The fourth-order valence-electron chi connectivity index (χ4n) is 1.88. The molecule has 0 bridgehead atoms. The van der Waals surface area contributed by atoms with Gasteiger partial charge >= 0.3 is 0 Å². The molecule has 0 aliphatic carbocycles. The van der Waals surface area contributed by atoms with Crippen LogP contribution in [0, 0.1) is 0 Å². The maximum atomic E-state index is 9.98. The third-order valence-corrected chi connectivity index (χ3v) is 3.52. The summed E-state index contributed by atoms with van der Waals surface area (Å²) in [5.41, 5.74) is 3.80. The lowest BCUT2D eigenvalue weighted by molar-refractivity contribution is 0.480. The molecule has 0 aliphatic rings. The number of nitrogens with one attached hydrogen (secondary N) is 1. The summed E-state index contributed by atoms with van der Waals surface area (Å²) in [6, 6.07) is 10.4. The van der Waals surface area contributed by atoms with Crippen molar-refractivity contribution in [1.29, 1.82) is 0 Å². The molecule has 1 aromatic carbocycles. The molecule has 5 nitrogen and oxygen atoms in total. The molecule has 0 radical (unpaired) electrons. The molecular weight excluding hydrogens is 323 g/mol. The SMILES string of the molecule is Oc1c(Cl)cc(Cl)c2ccc(N/N=C/c3ccccn3)nc12. The van der Waals surface area contributed by atoms with Gasteiger partial charge in [0.1, 0.15) is 11.3 Å². The number of rotatable bonds is 3. The zero-order chi connectivity index (χ0) is 15.5. The maximum Gasteiger partial charge on any atom is 0.160 e. The Morgan fingerprint density at radius 1 is 1.14 bits per heavy atom. The van der Waals surface area contributed by atoms with E-state index in [2.05, 4.69) is 20.5 Å². The summed E-state index contributed by atoms with van der Waals surface area (Å²) in [5.74, 6) is 0.340. The van der Waals surface area contributed by atoms with Crippen LogP contribution in [-0.2, 0) is 0 Å². The fourth-order valence-corrected chi connectivity index (χ4v) is 2.40. The highest BCUT2D eigenvalue weighted by molar-refractivity contribution is 6.39. The van der Waals surface area contributed by atoms with Crippen molar-refractivity contribution in [3.8, 4) is 5.75 Å². The average Bonchev–Trinajstić information content (AvgIpc) is 2.54. The summed E-state index contributed by atoms with van der Waals surface area (Å²) < 4.78 is 0. The maximum absolute atomic E-state index is 9.98. The topological polar surface area (TPSA) is 70.4 Å². The van der Waals surface area contributed by atoms with Gasteiger partial charge in [0.15, 0.2) is 5.75 Å². The Bertz CT molecular complexity index is 853. The highest BCUT2D eigenvalue weighted by atomic mass is 35.5. The summed E-state index contributed by atoms with van der Waals surface area (Å²) in [5, 5.41) is 15.2. The summed E-state index contributed by atoms with van der Waals surface area (Å²) in [7, 11) is 0. The fraction of sp³-hybridized carbons (Fsp3) is 0. The van der Waals surface area contributed by atoms with Gasteiger partial charge < -0.3 is 5.11 Å². The number of phenols is 1. The van der Waals surface area contributed by atoms with Crippen molar-refractivity contribution in [2.75, 3.05) is 5.43 Å². The van der Waals surface area contributed by atoms with Crippen LogP contribution in [-0.4, -0.2) is 21.3 Å². The zero-order valence-corrected chi connectivity index (χ0v) is 12.7. The molecule has 0 unspecified atom stereocenters. The highest BCUT2D eigenvalue weighted by Gasteiger charge is 2.11. The number of anilines is 1. The van der Waals surface area contributed by atoms with Crippen molar-refractivity contribution in [1.82, 2.24) is 9.97 Å². The van der Waals surface area contributed by atoms with E-state index in [1.165, 1.54) is 6.07 Å². The van der Waals surface area contributed by atoms with Gasteiger partial charge in [0.25, 0.3) is 0 Å². The van der Waals surface area contributed by atoms with E-state index in [1.807, 2.05) is 18.2 Å². The molecule has 0 atom stereocenters. The normalized spacial score (nSPS) is 11.2. The first-order valence-corrected chi connectivity index (χ1v) is 7.08. The van der Waals surface area contributed by atoms with Gasteiger partial charge in [-0.3, -0.25) is 10.4 Å². The van der Waals surface area contributed by atoms with Gasteiger partial charge in [0.2, 0.25) is 0 Å². The van der Waals surface area contributed by atoms with E-state index in [-0.39, 0.29) is 10.8 Å². The summed E-state index contributed by atoms with van der Waals surface area (Å²) in [6.45, 7) is 0. The Kier molecular flexibility index (Phi) is 4.09. The lowest BCUT2D eigenvalue weighted by atomic mass is 10.2. The second-order valence-electron chi connectivity index (χ2n) is 4.41. The van der Waals surface area contributed by atoms with Crippen LogP contribution >= 0.6 is 23.2 Å². The van der Waals surface area contributed by atoms with Crippen LogP contribution in [0.4, 0.5) is 5.82 Å². The van der Waals surface area contributed by atoms with Gasteiger partial charge in [-0.05, 0) is 30.3 Å². The predicted molar refractivity (Wildman–Crippen MR) is 88.9 cm³/mol. The highest BCUT2D eigenvalue weighted by Crippen LogP contribution is 2.36. The monoisotopic (exact) mass is 332 g/mol. The lowest BCUT2D eigenvalue weighted by Crippen LogP contribution is -1.95. The number of phenolic OH excluding ortho intramolecular Hbond substituents is 1. The molecule has 0 fully saturated rings. The molecule has 2 heterocycles. The third-order valence-electron chi connectivity index (χ3n) is 2.92. The van der Waals surface area contributed by atoms with E-state index in [1.54, 1.807) is 24.5 Å². The van der Waals surface area contributed by atoms with Crippen molar-refractivity contribution >= 4 is 46.1 Å². The van der Waals surface area contributed by atoms with E-state index in [4.69, 9.17) is 23.2 Å². The number of aromatic hydroxyl groups is 1. The van der Waals surface area contributed by atoms with Crippen LogP contribution in [0.5, 0.6) is 5.75 Å². The van der Waals surface area contributed by atoms with E-state index in [0.29, 0.717) is 27.4 Å². The van der Waals surface area contributed by atoms with Crippen LogP contribution in [0.1, 0.15) is 5.69 Å². The molecule has 2 N–H and O–H groups in total. The quantitative estimate of drug-likeness (QED) is 0.559. The van der Waals surface area contributed by atoms with Crippen molar-refractivity contribution in [3.05, 3.63) is 58.3 Å². The van der Waals surface area contributed by atoms with Gasteiger partial charge in [-0.1, -0.05) is 29.3 Å². The molecule has 2 aromatic heterocycles. The first kappa shape index (κ1) is 14.6. The summed E-state index contributed by atoms with van der Waals surface area (Å²) in [4.78, 5) is 8.38. The number of hydrogen-bond donors (Lipinski definition) is 2. The largest absolute Gasteiger partial charge is 0.504 e. The first-order chi connectivity index (χ1) is 10.6. The van der Waals surface area contributed by atoms with Gasteiger partial charge in [-0.2, -0.15) is 5.10 Å². The smallest absolute Gasteiger partial charge is 0.160 e. The number of hydrazone groups is 1. The van der Waals surface area contributed by atoms with Gasteiger partial charge in [-0.25, -0.2) is 4.98 Å². The summed E-state index contributed by atoms with van der Waals surface area (Å²) >= 11 is 12.0. The average molecular weight is 333 g/mol. The van der Waals surface area contributed by atoms with Crippen molar-refractivity contribution in [2.24, 2.45) is 5.10 Å². The Morgan fingerprint density at radius 3 is 2.77 bits per heavy atom. The number of nitrogens with zero attached hydrogens (tertiary/aromatic N) is 3. The molecular formula is C15H10Cl2N4O. The standard InChI is InChI=1S/C15H10Cl2N4O/c16-11-7-12(17)15(22)14-10(11)4-5-13(20-14)21-19-8-9-3-1-2-6-18-9/h1-8,22H,(H,20,21)/b19-8+. The number of aromatic nitrogens is 2. The molecule has 0 saturated heterocycles. The summed E-state index contributed by atoms with van der Waals surface area (Å²) in [6.07, 6.45) is 3.24. The van der Waals surface area contributed by atoms with Gasteiger partial charge in [0, 0.05) is 11.6 Å². The van der Waals surface area contributed by atoms with E-state index >= 15 is 0 Å². The Labute approximate surface area is 136 Å². The van der Waals surface area contributed by atoms with Crippen LogP contribution < -0.4 is 5.43 Å². The van der Waals surface area contributed by atoms with Crippen LogP contribution in [0.25, 0.3) is 10.9 Å². The van der Waals surface area contributed by atoms with Crippen LogP contribution in [0.15, 0.2) is 47.7 Å². The second kappa shape index (κ2) is 6.17. The molecule has 110 valence electrons. The van der Waals surface area contributed by atoms with E-state index in [0.717, 1.165) is 0 Å². The van der Waals surface area contributed by atoms with Crippen LogP contribution in [0.3, 0.4) is 0 Å². The number of pyridine rings is 2. The number of fused-ring (bicyclic) bond motifs is 1. The van der Waals surface area contributed by atoms with Crippen molar-refractivity contribution < 1.29 is 5.11 Å². The zero-order valence-electron chi connectivity index (χ0n) is 11.2. The molecule has 0 spiro atoms. The Balaban J connectivity index is 1.89. The second-order valence-corrected chi connectivity index (χ2v) is 5.22. The number of benzene rings is 1. The van der Waals surface area contributed by atoms with E-state index < -0.39 is 0 Å². The van der Waals surface area contributed by atoms with Crippen molar-refractivity contribution in [3.63, 3.8) is 0 Å². The van der Waals surface area contributed by atoms with Crippen LogP contribution in [0.2, 0.25) is 10.0 Å². The molecule has 0 aliphatic heterocycles. The Hall–Kier alpha value is -2.37. The molecule has 3 aromatic rings. The molecule has 0 amide bonds.